The Labute approximate surface area is 117 Å². The summed E-state index contributed by atoms with van der Waals surface area (Å²) in [6, 6.07) is 4.06. The molecule has 0 saturated heterocycles. The molecule has 0 aliphatic heterocycles. The monoisotopic (exact) mass is 281 g/mol. The summed E-state index contributed by atoms with van der Waals surface area (Å²) in [4.78, 5) is 10.4. The molecule has 0 aliphatic rings. The Morgan fingerprint density at radius 2 is 1.90 bits per heavy atom. The van der Waals surface area contributed by atoms with Gasteiger partial charge in [0.2, 0.25) is 0 Å². The molecular weight excluding hydrogens is 264 g/mol. The van der Waals surface area contributed by atoms with E-state index in [0.717, 1.165) is 18.6 Å². The van der Waals surface area contributed by atoms with Crippen LogP contribution in [0.1, 0.15) is 43.5 Å². The predicted octanol–water partition coefficient (Wildman–Crippen LogP) is 3.88. The van der Waals surface area contributed by atoms with Crippen LogP contribution in [0, 0.1) is 28.4 Å². The number of hydrogen-bond acceptors (Lipinski definition) is 3. The maximum Gasteiger partial charge on any atom is 0.190 e. The average Bonchev–Trinajstić information content (AvgIpc) is 2.40. The second-order valence-electron chi connectivity index (χ2n) is 5.23. The van der Waals surface area contributed by atoms with Crippen LogP contribution in [0.15, 0.2) is 12.1 Å². The first-order chi connectivity index (χ1) is 9.39. The molecule has 0 aromatic heterocycles. The molecular formula is C15H17F2NO2. The van der Waals surface area contributed by atoms with Gasteiger partial charge in [0.25, 0.3) is 0 Å². The molecule has 0 unspecified atom stereocenters. The molecule has 20 heavy (non-hydrogen) atoms. The molecule has 1 rings (SSSR count). The lowest BCUT2D eigenvalue weighted by molar-refractivity contribution is 0.112. The summed E-state index contributed by atoms with van der Waals surface area (Å²) >= 11 is 0. The zero-order valence-electron chi connectivity index (χ0n) is 11.6. The largest absolute Gasteiger partial charge is 0.488 e. The maximum atomic E-state index is 13.5. The average molecular weight is 281 g/mol. The summed E-state index contributed by atoms with van der Waals surface area (Å²) in [5.74, 6) is -2.23. The van der Waals surface area contributed by atoms with E-state index in [1.54, 1.807) is 0 Å². The number of aldehydes is 1. The summed E-state index contributed by atoms with van der Waals surface area (Å²) in [5, 5.41) is 8.84. The molecule has 3 nitrogen and oxygen atoms in total. The van der Waals surface area contributed by atoms with Crippen LogP contribution in [0.25, 0.3) is 0 Å². The standard InChI is InChI=1S/C15H17F2NO2/c1-15(2,10-18)5-3-4-6-20-14-12(16)7-11(9-19)8-13(14)17/h7-9H,3-6H2,1-2H3. The van der Waals surface area contributed by atoms with E-state index >= 15 is 0 Å². The third-order valence-corrected chi connectivity index (χ3v) is 2.90. The van der Waals surface area contributed by atoms with Crippen LogP contribution < -0.4 is 4.74 Å². The smallest absolute Gasteiger partial charge is 0.190 e. The summed E-state index contributed by atoms with van der Waals surface area (Å²) in [7, 11) is 0. The molecule has 0 N–H and O–H groups in total. The van der Waals surface area contributed by atoms with Crippen molar-refractivity contribution in [2.75, 3.05) is 6.61 Å². The minimum Gasteiger partial charge on any atom is -0.488 e. The third-order valence-electron chi connectivity index (χ3n) is 2.90. The van der Waals surface area contributed by atoms with Gasteiger partial charge in [0.1, 0.15) is 6.29 Å². The highest BCUT2D eigenvalue weighted by Gasteiger charge is 2.16. The van der Waals surface area contributed by atoms with Crippen molar-refractivity contribution >= 4 is 6.29 Å². The highest BCUT2D eigenvalue weighted by Crippen LogP contribution is 2.24. The lowest BCUT2D eigenvalue weighted by Crippen LogP contribution is -2.09. The maximum absolute atomic E-state index is 13.5. The minimum atomic E-state index is -0.885. The van der Waals surface area contributed by atoms with Crippen LogP contribution in [0.3, 0.4) is 0 Å². The quantitative estimate of drug-likeness (QED) is 0.563. The van der Waals surface area contributed by atoms with Gasteiger partial charge < -0.3 is 4.74 Å². The summed E-state index contributed by atoms with van der Waals surface area (Å²) in [6.45, 7) is 3.84. The molecule has 0 spiro atoms. The van der Waals surface area contributed by atoms with Gasteiger partial charge in [0.15, 0.2) is 17.4 Å². The van der Waals surface area contributed by atoms with Gasteiger partial charge in [-0.1, -0.05) is 0 Å². The first kappa shape index (κ1) is 16.1. The second kappa shape index (κ2) is 6.99. The molecule has 0 atom stereocenters. The molecule has 1 aromatic rings. The van der Waals surface area contributed by atoms with Gasteiger partial charge in [-0.25, -0.2) is 8.78 Å². The van der Waals surface area contributed by atoms with Crippen molar-refractivity contribution in [3.8, 4) is 11.8 Å². The predicted molar refractivity (Wildman–Crippen MR) is 70.5 cm³/mol. The fourth-order valence-corrected chi connectivity index (χ4v) is 1.68. The van der Waals surface area contributed by atoms with Gasteiger partial charge in [-0.05, 0) is 45.2 Å². The van der Waals surface area contributed by atoms with Gasteiger partial charge >= 0.3 is 0 Å². The van der Waals surface area contributed by atoms with E-state index in [4.69, 9.17) is 10.00 Å². The SMILES string of the molecule is CC(C)(C#N)CCCCOc1c(F)cc(C=O)cc1F. The number of benzene rings is 1. The molecule has 0 heterocycles. The number of carbonyl (C=O) groups excluding carboxylic acids is 1. The van der Waals surface area contributed by atoms with Crippen molar-refractivity contribution < 1.29 is 18.3 Å². The number of rotatable bonds is 7. The molecule has 5 heteroatoms. The fourth-order valence-electron chi connectivity index (χ4n) is 1.68. The topological polar surface area (TPSA) is 50.1 Å². The molecule has 108 valence electrons. The molecule has 0 bridgehead atoms. The van der Waals surface area contributed by atoms with Crippen LogP contribution in [0.2, 0.25) is 0 Å². The van der Waals surface area contributed by atoms with E-state index in [2.05, 4.69) is 6.07 Å². The first-order valence-corrected chi connectivity index (χ1v) is 6.38. The Bertz CT molecular complexity index is 498. The lowest BCUT2D eigenvalue weighted by Gasteiger charge is -2.14. The van der Waals surface area contributed by atoms with Gasteiger partial charge in [-0.2, -0.15) is 5.26 Å². The molecule has 0 aliphatic carbocycles. The van der Waals surface area contributed by atoms with Gasteiger partial charge in [0, 0.05) is 5.56 Å². The van der Waals surface area contributed by atoms with Crippen molar-refractivity contribution in [2.24, 2.45) is 5.41 Å². The summed E-state index contributed by atoms with van der Waals surface area (Å²) < 4.78 is 32.0. The molecule has 0 fully saturated rings. The normalized spacial score (nSPS) is 10.9. The number of nitriles is 1. The second-order valence-corrected chi connectivity index (χ2v) is 5.23. The third kappa shape index (κ3) is 4.61. The molecule has 0 saturated carbocycles. The molecule has 0 amide bonds. The minimum absolute atomic E-state index is 0.0666. The fraction of sp³-hybridized carbons (Fsp3) is 0.467. The van der Waals surface area contributed by atoms with E-state index in [0.29, 0.717) is 19.1 Å². The van der Waals surface area contributed by atoms with Gasteiger partial charge in [0.05, 0.1) is 18.1 Å². The van der Waals surface area contributed by atoms with Crippen LogP contribution in [0.5, 0.6) is 5.75 Å². The van der Waals surface area contributed by atoms with Gasteiger partial charge in [-0.3, -0.25) is 4.79 Å². The van der Waals surface area contributed by atoms with Gasteiger partial charge in [-0.15, -0.1) is 0 Å². The Balaban J connectivity index is 2.47. The Morgan fingerprint density at radius 1 is 1.30 bits per heavy atom. The summed E-state index contributed by atoms with van der Waals surface area (Å²) in [5.41, 5.74) is -0.467. The number of carbonyl (C=O) groups is 1. The van der Waals surface area contributed by atoms with Crippen molar-refractivity contribution in [3.05, 3.63) is 29.3 Å². The van der Waals surface area contributed by atoms with Crippen LogP contribution in [-0.4, -0.2) is 12.9 Å². The Hall–Kier alpha value is -1.96. The van der Waals surface area contributed by atoms with E-state index in [1.165, 1.54) is 0 Å². The lowest BCUT2D eigenvalue weighted by atomic mass is 9.89. The number of ether oxygens (including phenoxy) is 1. The van der Waals surface area contributed by atoms with E-state index in [9.17, 15) is 13.6 Å². The first-order valence-electron chi connectivity index (χ1n) is 6.38. The van der Waals surface area contributed by atoms with E-state index in [-0.39, 0.29) is 12.2 Å². The molecule has 1 aromatic carbocycles. The number of nitrogens with zero attached hydrogens (tertiary/aromatic N) is 1. The number of hydrogen-bond donors (Lipinski definition) is 0. The highest BCUT2D eigenvalue weighted by atomic mass is 19.1. The highest BCUT2D eigenvalue weighted by molar-refractivity contribution is 5.75. The van der Waals surface area contributed by atoms with Crippen molar-refractivity contribution in [1.29, 1.82) is 5.26 Å². The van der Waals surface area contributed by atoms with Crippen molar-refractivity contribution in [1.82, 2.24) is 0 Å². The van der Waals surface area contributed by atoms with Crippen LogP contribution >= 0.6 is 0 Å². The van der Waals surface area contributed by atoms with E-state index in [1.807, 2.05) is 13.8 Å². The van der Waals surface area contributed by atoms with Crippen molar-refractivity contribution in [2.45, 2.75) is 33.1 Å². The van der Waals surface area contributed by atoms with E-state index < -0.39 is 22.8 Å². The van der Waals surface area contributed by atoms with Crippen molar-refractivity contribution in [3.63, 3.8) is 0 Å². The van der Waals surface area contributed by atoms with Crippen LogP contribution in [-0.2, 0) is 0 Å². The Kier molecular flexibility index (Phi) is 5.63. The molecule has 0 radical (unpaired) electrons. The zero-order chi connectivity index (χ0) is 15.2. The van der Waals surface area contributed by atoms with Crippen LogP contribution in [0.4, 0.5) is 8.78 Å². The summed E-state index contributed by atoms with van der Waals surface area (Å²) in [6.07, 6.45) is 2.40. The number of halogens is 2. The zero-order valence-corrected chi connectivity index (χ0v) is 11.6. The Morgan fingerprint density at radius 3 is 2.40 bits per heavy atom. The number of unbranched alkanes of at least 4 members (excludes halogenated alkanes) is 1.